The number of rotatable bonds is 3. The van der Waals surface area contributed by atoms with Crippen LogP contribution in [0, 0.1) is 0 Å². The fourth-order valence-corrected chi connectivity index (χ4v) is 2.29. The molecular formula is C13H16F3N3O. The lowest BCUT2D eigenvalue weighted by Gasteiger charge is -2.28. The number of hydrogen-bond acceptors (Lipinski definition) is 3. The molecule has 1 aliphatic heterocycles. The van der Waals surface area contributed by atoms with Crippen molar-refractivity contribution in [2.75, 3.05) is 25.4 Å². The van der Waals surface area contributed by atoms with Gasteiger partial charge in [0, 0.05) is 18.8 Å². The highest BCUT2D eigenvalue weighted by Gasteiger charge is 2.28. The number of nitrogen functional groups attached to an aromatic ring is 1. The van der Waals surface area contributed by atoms with Crippen molar-refractivity contribution in [2.45, 2.75) is 19.1 Å². The first-order valence-corrected chi connectivity index (χ1v) is 6.27. The highest BCUT2D eigenvalue weighted by molar-refractivity contribution is 5.78. The van der Waals surface area contributed by atoms with Gasteiger partial charge in [-0.25, -0.2) is 0 Å². The second kappa shape index (κ2) is 5.70. The molecule has 4 nitrogen and oxygen atoms in total. The average molecular weight is 287 g/mol. The third kappa shape index (κ3) is 3.86. The SMILES string of the molecule is Nc1cccc2c1CCN(CC(=O)NCC(F)(F)F)C2. The molecule has 1 aliphatic rings. The van der Waals surface area contributed by atoms with E-state index in [1.54, 1.807) is 0 Å². The van der Waals surface area contributed by atoms with Crippen molar-refractivity contribution in [3.05, 3.63) is 29.3 Å². The number of benzene rings is 1. The number of nitrogens with zero attached hydrogens (tertiary/aromatic N) is 1. The van der Waals surface area contributed by atoms with Gasteiger partial charge in [-0.3, -0.25) is 9.69 Å². The van der Waals surface area contributed by atoms with Crippen LogP contribution in [0.5, 0.6) is 0 Å². The fourth-order valence-electron chi connectivity index (χ4n) is 2.29. The molecule has 0 fully saturated rings. The highest BCUT2D eigenvalue weighted by atomic mass is 19.4. The summed E-state index contributed by atoms with van der Waals surface area (Å²) in [6.07, 6.45) is -3.67. The molecule has 20 heavy (non-hydrogen) atoms. The number of halogens is 3. The molecule has 0 bridgehead atoms. The van der Waals surface area contributed by atoms with Crippen molar-refractivity contribution in [3.8, 4) is 0 Å². The van der Waals surface area contributed by atoms with E-state index in [-0.39, 0.29) is 6.54 Å². The number of amides is 1. The number of hydrogen-bond donors (Lipinski definition) is 2. The summed E-state index contributed by atoms with van der Waals surface area (Å²) in [6.45, 7) is -0.187. The van der Waals surface area contributed by atoms with E-state index >= 15 is 0 Å². The molecule has 0 unspecified atom stereocenters. The van der Waals surface area contributed by atoms with E-state index in [0.29, 0.717) is 19.5 Å². The quantitative estimate of drug-likeness (QED) is 0.824. The molecule has 0 saturated carbocycles. The van der Waals surface area contributed by atoms with Crippen molar-refractivity contribution >= 4 is 11.6 Å². The molecule has 1 amide bonds. The molecule has 7 heteroatoms. The highest BCUT2D eigenvalue weighted by Crippen LogP contribution is 2.23. The summed E-state index contributed by atoms with van der Waals surface area (Å²) in [5.41, 5.74) is 8.68. The van der Waals surface area contributed by atoms with Gasteiger partial charge in [0.15, 0.2) is 0 Å². The molecule has 0 spiro atoms. The van der Waals surface area contributed by atoms with E-state index in [1.165, 1.54) is 0 Å². The van der Waals surface area contributed by atoms with Gasteiger partial charge in [0.05, 0.1) is 6.54 Å². The van der Waals surface area contributed by atoms with E-state index in [9.17, 15) is 18.0 Å². The topological polar surface area (TPSA) is 58.4 Å². The Hall–Kier alpha value is -1.76. The predicted molar refractivity (Wildman–Crippen MR) is 68.9 cm³/mol. The Kier molecular flexibility index (Phi) is 4.17. The normalized spacial score (nSPS) is 15.8. The van der Waals surface area contributed by atoms with Crippen molar-refractivity contribution in [2.24, 2.45) is 0 Å². The van der Waals surface area contributed by atoms with Crippen molar-refractivity contribution < 1.29 is 18.0 Å². The molecule has 1 heterocycles. The molecule has 0 radical (unpaired) electrons. The standard InChI is InChI=1S/C13H16F3N3O/c14-13(15,16)8-18-12(20)7-19-5-4-10-9(6-19)2-1-3-11(10)17/h1-3H,4-8,17H2,(H,18,20). The van der Waals surface area contributed by atoms with Gasteiger partial charge < -0.3 is 11.1 Å². The third-order valence-corrected chi connectivity index (χ3v) is 3.23. The molecule has 110 valence electrons. The Morgan fingerprint density at radius 3 is 2.85 bits per heavy atom. The van der Waals surface area contributed by atoms with Crippen LogP contribution >= 0.6 is 0 Å². The molecule has 0 saturated heterocycles. The maximum absolute atomic E-state index is 12.0. The number of nitrogens with one attached hydrogen (secondary N) is 1. The van der Waals surface area contributed by atoms with Crippen LogP contribution in [0.1, 0.15) is 11.1 Å². The molecule has 3 N–H and O–H groups in total. The summed E-state index contributed by atoms with van der Waals surface area (Å²) in [5, 5.41) is 1.87. The zero-order valence-corrected chi connectivity index (χ0v) is 10.8. The summed E-state index contributed by atoms with van der Waals surface area (Å²) in [6, 6.07) is 5.58. The monoisotopic (exact) mass is 287 g/mol. The number of fused-ring (bicyclic) bond motifs is 1. The first kappa shape index (κ1) is 14.6. The Labute approximate surface area is 114 Å². The Morgan fingerprint density at radius 2 is 2.15 bits per heavy atom. The number of carbonyl (C=O) groups excluding carboxylic acids is 1. The van der Waals surface area contributed by atoms with Crippen LogP contribution < -0.4 is 11.1 Å². The summed E-state index contributed by atoms with van der Waals surface area (Å²) < 4.78 is 36.0. The largest absolute Gasteiger partial charge is 0.405 e. The molecule has 0 atom stereocenters. The smallest absolute Gasteiger partial charge is 0.398 e. The number of anilines is 1. The summed E-state index contributed by atoms with van der Waals surface area (Å²) in [4.78, 5) is 13.3. The van der Waals surface area contributed by atoms with E-state index < -0.39 is 18.6 Å². The van der Waals surface area contributed by atoms with E-state index in [1.807, 2.05) is 28.4 Å². The van der Waals surface area contributed by atoms with Gasteiger partial charge in [-0.15, -0.1) is 0 Å². The maximum Gasteiger partial charge on any atom is 0.405 e. The minimum atomic E-state index is -4.38. The maximum atomic E-state index is 12.0. The van der Waals surface area contributed by atoms with Gasteiger partial charge in [-0.2, -0.15) is 13.2 Å². The van der Waals surface area contributed by atoms with Crippen LogP contribution in [0.3, 0.4) is 0 Å². The van der Waals surface area contributed by atoms with Gasteiger partial charge in [0.2, 0.25) is 5.91 Å². The van der Waals surface area contributed by atoms with Gasteiger partial charge in [0.1, 0.15) is 6.54 Å². The lowest BCUT2D eigenvalue weighted by atomic mass is 9.98. The lowest BCUT2D eigenvalue weighted by Crippen LogP contribution is -2.42. The molecular weight excluding hydrogens is 271 g/mol. The van der Waals surface area contributed by atoms with Crippen LogP contribution in [0.4, 0.5) is 18.9 Å². The summed E-state index contributed by atoms with van der Waals surface area (Å²) in [5.74, 6) is -0.616. The second-order valence-electron chi connectivity index (χ2n) is 4.84. The average Bonchev–Trinajstić information content (AvgIpc) is 2.36. The van der Waals surface area contributed by atoms with Crippen LogP contribution in [-0.2, 0) is 17.8 Å². The molecule has 2 rings (SSSR count). The van der Waals surface area contributed by atoms with E-state index in [0.717, 1.165) is 16.8 Å². The van der Waals surface area contributed by atoms with Crippen molar-refractivity contribution in [1.29, 1.82) is 0 Å². The Morgan fingerprint density at radius 1 is 1.40 bits per heavy atom. The van der Waals surface area contributed by atoms with E-state index in [2.05, 4.69) is 0 Å². The zero-order valence-electron chi connectivity index (χ0n) is 10.8. The predicted octanol–water partition coefficient (Wildman–Crippen LogP) is 1.31. The van der Waals surface area contributed by atoms with Gasteiger partial charge in [0.25, 0.3) is 0 Å². The van der Waals surface area contributed by atoms with Crippen LogP contribution in [-0.4, -0.2) is 36.6 Å². The zero-order chi connectivity index (χ0) is 14.8. The molecule has 1 aromatic rings. The van der Waals surface area contributed by atoms with Crippen LogP contribution in [0.2, 0.25) is 0 Å². The summed E-state index contributed by atoms with van der Waals surface area (Å²) in [7, 11) is 0. The van der Waals surface area contributed by atoms with E-state index in [4.69, 9.17) is 5.73 Å². The van der Waals surface area contributed by atoms with Crippen molar-refractivity contribution in [3.63, 3.8) is 0 Å². The number of nitrogens with two attached hydrogens (primary N) is 1. The lowest BCUT2D eigenvalue weighted by molar-refractivity contribution is -0.139. The third-order valence-electron chi connectivity index (χ3n) is 3.23. The first-order valence-electron chi connectivity index (χ1n) is 6.27. The van der Waals surface area contributed by atoms with Crippen LogP contribution in [0.15, 0.2) is 18.2 Å². The van der Waals surface area contributed by atoms with Gasteiger partial charge in [-0.1, -0.05) is 12.1 Å². The second-order valence-corrected chi connectivity index (χ2v) is 4.84. The van der Waals surface area contributed by atoms with Gasteiger partial charge in [-0.05, 0) is 23.6 Å². The van der Waals surface area contributed by atoms with Crippen molar-refractivity contribution in [1.82, 2.24) is 10.2 Å². The Bertz CT molecular complexity index is 502. The molecule has 0 aromatic heterocycles. The number of alkyl halides is 3. The summed E-state index contributed by atoms with van der Waals surface area (Å²) >= 11 is 0. The molecule has 0 aliphatic carbocycles. The first-order chi connectivity index (χ1) is 9.35. The van der Waals surface area contributed by atoms with Crippen LogP contribution in [0.25, 0.3) is 0 Å². The molecule has 1 aromatic carbocycles. The number of carbonyl (C=O) groups is 1. The van der Waals surface area contributed by atoms with Gasteiger partial charge >= 0.3 is 6.18 Å². The Balaban J connectivity index is 1.89. The fraction of sp³-hybridized carbons (Fsp3) is 0.462. The minimum absolute atomic E-state index is 0.0374. The minimum Gasteiger partial charge on any atom is -0.398 e.